The highest BCUT2D eigenvalue weighted by Crippen LogP contribution is 2.46. The summed E-state index contributed by atoms with van der Waals surface area (Å²) in [7, 11) is -1.16. The molecule has 0 aliphatic rings. The Hall–Kier alpha value is -3.48. The largest absolute Gasteiger partial charge is 0.493 e. The third-order valence-electron chi connectivity index (χ3n) is 3.91. The number of methoxy groups -OCH3 is 3. The van der Waals surface area contributed by atoms with Crippen LogP contribution >= 0.6 is 0 Å². The van der Waals surface area contributed by atoms with Gasteiger partial charge >= 0.3 is 11.4 Å². The van der Waals surface area contributed by atoms with E-state index in [1.807, 2.05) is 0 Å². The molecule has 30 heavy (non-hydrogen) atoms. The number of ether oxygens (including phenoxy) is 3. The van der Waals surface area contributed by atoms with Crippen LogP contribution in [0.5, 0.6) is 17.2 Å². The second-order valence-electron chi connectivity index (χ2n) is 5.58. The van der Waals surface area contributed by atoms with Crippen molar-refractivity contribution >= 4 is 27.1 Å². The van der Waals surface area contributed by atoms with Crippen molar-refractivity contribution in [3.8, 4) is 17.2 Å². The minimum Gasteiger partial charge on any atom is -0.493 e. The Morgan fingerprint density at radius 2 is 1.63 bits per heavy atom. The lowest BCUT2D eigenvalue weighted by Gasteiger charge is -2.15. The van der Waals surface area contributed by atoms with E-state index in [0.29, 0.717) is 0 Å². The Balaban J connectivity index is 2.47. The molecule has 162 valence electrons. The molecule has 10 nitrogen and oxygen atoms in total. The molecule has 2 aromatic rings. The number of nitro groups is 1. The van der Waals surface area contributed by atoms with Gasteiger partial charge in [-0.25, -0.2) is 8.42 Å². The number of carbonyl (C=O) groups is 1. The van der Waals surface area contributed by atoms with Crippen molar-refractivity contribution in [1.29, 1.82) is 0 Å². The lowest BCUT2D eigenvalue weighted by atomic mass is 10.1. The molecule has 13 heteroatoms. The van der Waals surface area contributed by atoms with E-state index in [-0.39, 0.29) is 22.9 Å². The number of benzene rings is 2. The van der Waals surface area contributed by atoms with Gasteiger partial charge < -0.3 is 19.5 Å². The molecule has 0 heterocycles. The van der Waals surface area contributed by atoms with Gasteiger partial charge in [-0.2, -0.15) is 8.78 Å². The van der Waals surface area contributed by atoms with Gasteiger partial charge in [0.25, 0.3) is 5.91 Å². The zero-order valence-corrected chi connectivity index (χ0v) is 16.7. The van der Waals surface area contributed by atoms with Crippen LogP contribution in [0.1, 0.15) is 10.4 Å². The van der Waals surface area contributed by atoms with Crippen LogP contribution in [0.2, 0.25) is 0 Å². The maximum Gasteiger partial charge on any atom is 0.341 e. The van der Waals surface area contributed by atoms with Gasteiger partial charge in [0.15, 0.2) is 5.75 Å². The maximum atomic E-state index is 12.7. The third kappa shape index (κ3) is 4.25. The molecular weight excluding hydrogens is 430 g/mol. The zero-order chi connectivity index (χ0) is 22.6. The quantitative estimate of drug-likeness (QED) is 0.483. The Bertz CT molecular complexity index is 1070. The first-order valence-electron chi connectivity index (χ1n) is 7.99. The third-order valence-corrected chi connectivity index (χ3v) is 5.30. The van der Waals surface area contributed by atoms with Crippen molar-refractivity contribution < 1.29 is 41.1 Å². The van der Waals surface area contributed by atoms with Gasteiger partial charge in [-0.3, -0.25) is 14.9 Å². The number of sulfone groups is 1. The minimum absolute atomic E-state index is 0.0104. The molecule has 0 aliphatic heterocycles. The predicted molar refractivity (Wildman–Crippen MR) is 100 cm³/mol. The van der Waals surface area contributed by atoms with E-state index < -0.39 is 42.6 Å². The molecule has 0 spiro atoms. The number of nitro benzene ring substituents is 1. The number of nitrogens with one attached hydrogen (secondary N) is 1. The molecule has 0 bridgehead atoms. The van der Waals surface area contributed by atoms with E-state index in [1.165, 1.54) is 14.2 Å². The highest BCUT2D eigenvalue weighted by Gasteiger charge is 2.32. The monoisotopic (exact) mass is 446 g/mol. The standard InChI is InChI=1S/C17H16F2N2O8S/c1-27-12-8-11(13(21(23)24)15(29-3)14(12)28-2)16(22)20-9-4-6-10(7-5-9)30(25,26)17(18)19/h4-8,17H,1-3H3,(H,20,22). The van der Waals surface area contributed by atoms with E-state index in [1.54, 1.807) is 0 Å². The summed E-state index contributed by atoms with van der Waals surface area (Å²) in [5, 5.41) is 13.9. The number of rotatable bonds is 8. The molecule has 0 unspecified atom stereocenters. The topological polar surface area (TPSA) is 134 Å². The fourth-order valence-electron chi connectivity index (χ4n) is 2.52. The highest BCUT2D eigenvalue weighted by molar-refractivity contribution is 7.91. The summed E-state index contributed by atoms with van der Waals surface area (Å²) in [6, 6.07) is 4.96. The van der Waals surface area contributed by atoms with E-state index in [2.05, 4.69) is 5.32 Å². The predicted octanol–water partition coefficient (Wildman–Crippen LogP) is 2.87. The normalized spacial score (nSPS) is 11.1. The molecule has 0 saturated heterocycles. The van der Waals surface area contributed by atoms with Crippen molar-refractivity contribution in [3.05, 3.63) is 46.0 Å². The summed E-state index contributed by atoms with van der Waals surface area (Å²) in [5.41, 5.74) is -1.11. The van der Waals surface area contributed by atoms with E-state index in [4.69, 9.17) is 14.2 Å². The Kier molecular flexibility index (Phi) is 6.77. The number of nitrogens with zero attached hydrogens (tertiary/aromatic N) is 1. The molecule has 1 amide bonds. The van der Waals surface area contributed by atoms with Gasteiger partial charge in [-0.05, 0) is 24.3 Å². The molecular formula is C17H16F2N2O8S. The molecule has 0 aliphatic carbocycles. The lowest BCUT2D eigenvalue weighted by Crippen LogP contribution is -2.16. The first-order valence-corrected chi connectivity index (χ1v) is 9.53. The van der Waals surface area contributed by atoms with E-state index in [9.17, 15) is 32.1 Å². The summed E-state index contributed by atoms with van der Waals surface area (Å²) < 4.78 is 63.3. The van der Waals surface area contributed by atoms with Gasteiger partial charge in [0.2, 0.25) is 21.3 Å². The summed E-state index contributed by atoms with van der Waals surface area (Å²) in [6.45, 7) is 0. The molecule has 1 N–H and O–H groups in total. The lowest BCUT2D eigenvalue weighted by molar-refractivity contribution is -0.386. The van der Waals surface area contributed by atoms with Crippen LogP contribution < -0.4 is 19.5 Å². The van der Waals surface area contributed by atoms with Gasteiger partial charge in [0.05, 0.1) is 31.1 Å². The summed E-state index contributed by atoms with van der Waals surface area (Å²) in [5.74, 6) is -5.00. The van der Waals surface area contributed by atoms with Crippen molar-refractivity contribution in [1.82, 2.24) is 0 Å². The number of carbonyl (C=O) groups excluding carboxylic acids is 1. The van der Waals surface area contributed by atoms with Crippen LogP contribution in [0.3, 0.4) is 0 Å². The second kappa shape index (κ2) is 8.90. The Labute approximate surface area is 169 Å². The fraction of sp³-hybridized carbons (Fsp3) is 0.235. The summed E-state index contributed by atoms with van der Waals surface area (Å²) >= 11 is 0. The average molecular weight is 446 g/mol. The molecule has 0 fully saturated rings. The van der Waals surface area contributed by atoms with Crippen molar-refractivity contribution in [2.75, 3.05) is 26.6 Å². The molecule has 0 aromatic heterocycles. The molecule has 0 radical (unpaired) electrons. The van der Waals surface area contributed by atoms with Gasteiger partial charge in [-0.1, -0.05) is 0 Å². The minimum atomic E-state index is -4.80. The number of anilines is 1. The molecule has 0 saturated carbocycles. The van der Waals surface area contributed by atoms with E-state index >= 15 is 0 Å². The Morgan fingerprint density at radius 3 is 2.07 bits per heavy atom. The number of halogens is 2. The first kappa shape index (κ1) is 22.8. The van der Waals surface area contributed by atoms with Crippen molar-refractivity contribution in [2.45, 2.75) is 10.7 Å². The summed E-state index contributed by atoms with van der Waals surface area (Å²) in [4.78, 5) is 22.7. The second-order valence-corrected chi connectivity index (χ2v) is 7.50. The average Bonchev–Trinajstić information content (AvgIpc) is 2.71. The smallest absolute Gasteiger partial charge is 0.341 e. The Morgan fingerprint density at radius 1 is 1.07 bits per heavy atom. The summed E-state index contributed by atoms with van der Waals surface area (Å²) in [6.07, 6.45) is 0. The van der Waals surface area contributed by atoms with E-state index in [0.717, 1.165) is 37.4 Å². The number of alkyl halides is 2. The molecule has 2 rings (SSSR count). The van der Waals surface area contributed by atoms with Crippen molar-refractivity contribution in [3.63, 3.8) is 0 Å². The van der Waals surface area contributed by atoms with Crippen LogP contribution in [0.25, 0.3) is 0 Å². The number of hydrogen-bond donors (Lipinski definition) is 1. The van der Waals surface area contributed by atoms with Crippen LogP contribution in [0.4, 0.5) is 20.2 Å². The number of hydrogen-bond acceptors (Lipinski definition) is 8. The van der Waals surface area contributed by atoms with Crippen LogP contribution in [0.15, 0.2) is 35.2 Å². The molecule has 2 aromatic carbocycles. The van der Waals surface area contributed by atoms with Crippen LogP contribution in [-0.2, 0) is 9.84 Å². The highest BCUT2D eigenvalue weighted by atomic mass is 32.2. The number of amides is 1. The van der Waals surface area contributed by atoms with Gasteiger partial charge in [0, 0.05) is 11.8 Å². The van der Waals surface area contributed by atoms with Gasteiger partial charge in [-0.15, -0.1) is 0 Å². The zero-order valence-electron chi connectivity index (χ0n) is 15.8. The molecule has 0 atom stereocenters. The van der Waals surface area contributed by atoms with Crippen LogP contribution in [0, 0.1) is 10.1 Å². The van der Waals surface area contributed by atoms with Gasteiger partial charge in [0.1, 0.15) is 5.56 Å². The van der Waals surface area contributed by atoms with Crippen molar-refractivity contribution in [2.24, 2.45) is 0 Å². The SMILES string of the molecule is COc1cc(C(=O)Nc2ccc(S(=O)(=O)C(F)F)cc2)c([N+](=O)[O-])c(OC)c1OC. The van der Waals surface area contributed by atoms with Crippen LogP contribution in [-0.4, -0.2) is 46.3 Å². The fourth-order valence-corrected chi connectivity index (χ4v) is 3.25. The maximum absolute atomic E-state index is 12.7. The first-order chi connectivity index (χ1) is 14.1.